The lowest BCUT2D eigenvalue weighted by Gasteiger charge is -2.22. The third-order valence-corrected chi connectivity index (χ3v) is 1.60. The van der Waals surface area contributed by atoms with Crippen LogP contribution >= 0.6 is 0 Å². The summed E-state index contributed by atoms with van der Waals surface area (Å²) in [6.45, 7) is 2.03. The summed E-state index contributed by atoms with van der Waals surface area (Å²) in [6, 6.07) is 7.89. The highest BCUT2D eigenvalue weighted by atomic mass is 17.6. The van der Waals surface area contributed by atoms with Crippen LogP contribution in [-0.2, 0) is 14.8 Å². The normalized spacial score (nSPS) is 17.9. The Hall–Kier alpha value is -0.900. The molecule has 0 spiro atoms. The van der Waals surface area contributed by atoms with Crippen LogP contribution in [-0.4, -0.2) is 0 Å². The second kappa shape index (κ2) is 2.62. The van der Waals surface area contributed by atoms with Gasteiger partial charge in [-0.2, -0.15) is 9.78 Å². The van der Waals surface area contributed by atoms with E-state index < -0.39 is 0 Å². The summed E-state index contributed by atoms with van der Waals surface area (Å²) < 4.78 is 0. The molecule has 2 rings (SSSR count). The molecule has 1 aliphatic heterocycles. The van der Waals surface area contributed by atoms with Gasteiger partial charge in [0.05, 0.1) is 0 Å². The van der Waals surface area contributed by atoms with E-state index in [2.05, 4.69) is 14.8 Å². The zero-order valence-corrected chi connectivity index (χ0v) is 6.11. The summed E-state index contributed by atoms with van der Waals surface area (Å²) in [5.74, 6) is 0. The van der Waals surface area contributed by atoms with Crippen molar-refractivity contribution in [2.24, 2.45) is 0 Å². The molecule has 1 aliphatic rings. The van der Waals surface area contributed by atoms with Gasteiger partial charge in [-0.25, -0.2) is 0 Å². The highest BCUT2D eigenvalue weighted by Gasteiger charge is 2.24. The number of benzene rings is 1. The number of hydrogen-bond acceptors (Lipinski definition) is 3. The van der Waals surface area contributed by atoms with Gasteiger partial charge >= 0.3 is 0 Å². The molecule has 0 bridgehead atoms. The molecule has 0 radical (unpaired) electrons. The molecule has 1 heterocycles. The van der Waals surface area contributed by atoms with Crippen LogP contribution in [0, 0.1) is 6.92 Å². The number of hydrogen-bond donors (Lipinski definition) is 0. The topological polar surface area (TPSA) is 27.7 Å². The summed E-state index contributed by atoms with van der Waals surface area (Å²) >= 11 is 0. The first-order valence-electron chi connectivity index (χ1n) is 3.41. The largest absolute Gasteiger partial charge is 0.255 e. The standard InChI is InChI=1S/C8H8O3/c1-6-2-4-7(5-3-6)8-9-11-10-8/h2-5,8H,1H3. The van der Waals surface area contributed by atoms with Crippen LogP contribution in [0.2, 0.25) is 0 Å². The van der Waals surface area contributed by atoms with Crippen LogP contribution < -0.4 is 0 Å². The summed E-state index contributed by atoms with van der Waals surface area (Å²) in [6.07, 6.45) is -0.337. The molecule has 1 fully saturated rings. The van der Waals surface area contributed by atoms with E-state index in [0.717, 1.165) is 5.56 Å². The van der Waals surface area contributed by atoms with Gasteiger partial charge in [-0.3, -0.25) is 0 Å². The minimum Gasteiger partial charge on any atom is -0.165 e. The van der Waals surface area contributed by atoms with E-state index in [1.54, 1.807) is 0 Å². The van der Waals surface area contributed by atoms with Crippen LogP contribution in [0.1, 0.15) is 17.4 Å². The molecule has 0 amide bonds. The van der Waals surface area contributed by atoms with Crippen molar-refractivity contribution in [3.63, 3.8) is 0 Å². The molecular formula is C8H8O3. The van der Waals surface area contributed by atoms with Gasteiger partial charge in [-0.05, 0) is 6.92 Å². The Balaban J connectivity index is 2.18. The maximum Gasteiger partial charge on any atom is 0.255 e. The van der Waals surface area contributed by atoms with E-state index in [1.165, 1.54) is 5.56 Å². The maximum atomic E-state index is 4.63. The Kier molecular flexibility index (Phi) is 1.62. The van der Waals surface area contributed by atoms with Gasteiger partial charge in [0.25, 0.3) is 6.29 Å². The first kappa shape index (κ1) is 6.79. The molecular weight excluding hydrogens is 144 g/mol. The molecule has 0 saturated carbocycles. The fourth-order valence-electron chi connectivity index (χ4n) is 0.913. The minimum absolute atomic E-state index is 0.337. The fourth-order valence-corrected chi connectivity index (χ4v) is 0.913. The zero-order valence-electron chi connectivity index (χ0n) is 6.11. The van der Waals surface area contributed by atoms with Gasteiger partial charge < -0.3 is 0 Å². The van der Waals surface area contributed by atoms with Gasteiger partial charge in [0.1, 0.15) is 0 Å². The van der Waals surface area contributed by atoms with Gasteiger partial charge in [0.2, 0.25) is 0 Å². The van der Waals surface area contributed by atoms with Gasteiger partial charge in [0, 0.05) is 5.56 Å². The molecule has 1 saturated heterocycles. The highest BCUT2D eigenvalue weighted by Crippen LogP contribution is 2.26. The third-order valence-electron chi connectivity index (χ3n) is 1.60. The molecule has 11 heavy (non-hydrogen) atoms. The Morgan fingerprint density at radius 2 is 1.73 bits per heavy atom. The minimum atomic E-state index is -0.337. The zero-order chi connectivity index (χ0) is 7.68. The summed E-state index contributed by atoms with van der Waals surface area (Å²) in [4.78, 5) is 9.27. The lowest BCUT2D eigenvalue weighted by atomic mass is 10.1. The molecule has 3 heteroatoms. The Morgan fingerprint density at radius 3 is 2.18 bits per heavy atom. The van der Waals surface area contributed by atoms with Gasteiger partial charge in [-0.1, -0.05) is 34.9 Å². The number of rotatable bonds is 1. The van der Waals surface area contributed by atoms with Crippen molar-refractivity contribution in [2.75, 3.05) is 0 Å². The van der Waals surface area contributed by atoms with E-state index in [0.29, 0.717) is 0 Å². The first-order valence-corrected chi connectivity index (χ1v) is 3.41. The van der Waals surface area contributed by atoms with Crippen molar-refractivity contribution in [3.05, 3.63) is 35.4 Å². The van der Waals surface area contributed by atoms with Crippen molar-refractivity contribution >= 4 is 0 Å². The highest BCUT2D eigenvalue weighted by molar-refractivity contribution is 5.22. The van der Waals surface area contributed by atoms with Crippen LogP contribution in [0.25, 0.3) is 0 Å². The summed E-state index contributed by atoms with van der Waals surface area (Å²) in [5, 5.41) is 4.12. The van der Waals surface area contributed by atoms with E-state index >= 15 is 0 Å². The van der Waals surface area contributed by atoms with E-state index in [1.807, 2.05) is 31.2 Å². The average molecular weight is 152 g/mol. The quantitative estimate of drug-likeness (QED) is 0.575. The van der Waals surface area contributed by atoms with E-state index in [-0.39, 0.29) is 6.29 Å². The van der Waals surface area contributed by atoms with Crippen molar-refractivity contribution in [1.82, 2.24) is 0 Å². The lowest BCUT2D eigenvalue weighted by molar-refractivity contribution is -0.697. The van der Waals surface area contributed by atoms with E-state index in [4.69, 9.17) is 0 Å². The smallest absolute Gasteiger partial charge is 0.165 e. The second-order valence-corrected chi connectivity index (χ2v) is 2.50. The molecule has 0 aromatic heterocycles. The summed E-state index contributed by atoms with van der Waals surface area (Å²) in [5.41, 5.74) is 2.19. The molecule has 1 aromatic carbocycles. The van der Waals surface area contributed by atoms with Crippen molar-refractivity contribution in [1.29, 1.82) is 0 Å². The van der Waals surface area contributed by atoms with Crippen LogP contribution in [0.15, 0.2) is 24.3 Å². The van der Waals surface area contributed by atoms with Crippen molar-refractivity contribution in [3.8, 4) is 0 Å². The predicted octanol–water partition coefficient (Wildman–Crippen LogP) is 1.89. The molecule has 0 aliphatic carbocycles. The molecule has 0 N–H and O–H groups in total. The molecule has 0 unspecified atom stereocenters. The summed E-state index contributed by atoms with van der Waals surface area (Å²) in [7, 11) is 0. The third kappa shape index (κ3) is 1.26. The van der Waals surface area contributed by atoms with Crippen LogP contribution in [0.3, 0.4) is 0 Å². The second-order valence-electron chi connectivity index (χ2n) is 2.50. The van der Waals surface area contributed by atoms with Gasteiger partial charge in [-0.15, -0.1) is 0 Å². The fraction of sp³-hybridized carbons (Fsp3) is 0.250. The molecule has 3 nitrogen and oxygen atoms in total. The predicted molar refractivity (Wildman–Crippen MR) is 37.2 cm³/mol. The van der Waals surface area contributed by atoms with Gasteiger partial charge in [0.15, 0.2) is 0 Å². The Bertz CT molecular complexity index is 238. The Morgan fingerprint density at radius 1 is 1.09 bits per heavy atom. The average Bonchev–Trinajstić information content (AvgIpc) is 1.90. The molecule has 58 valence electrons. The van der Waals surface area contributed by atoms with Crippen LogP contribution in [0.4, 0.5) is 0 Å². The van der Waals surface area contributed by atoms with Crippen LogP contribution in [0.5, 0.6) is 0 Å². The first-order chi connectivity index (χ1) is 5.36. The Labute approximate surface area is 64.4 Å². The molecule has 1 aromatic rings. The monoisotopic (exact) mass is 152 g/mol. The number of aryl methyl sites for hydroxylation is 1. The lowest BCUT2D eigenvalue weighted by Crippen LogP contribution is -2.19. The van der Waals surface area contributed by atoms with Crippen molar-refractivity contribution in [2.45, 2.75) is 13.2 Å². The maximum absolute atomic E-state index is 4.63. The van der Waals surface area contributed by atoms with Crippen molar-refractivity contribution < 1.29 is 14.8 Å². The SMILES string of the molecule is Cc1ccc(C2OOO2)cc1. The molecule has 0 atom stereocenters. The van der Waals surface area contributed by atoms with E-state index in [9.17, 15) is 0 Å².